The lowest BCUT2D eigenvalue weighted by Gasteiger charge is -2.24. The summed E-state index contributed by atoms with van der Waals surface area (Å²) in [5.74, 6) is 0.00890. The maximum Gasteiger partial charge on any atom is 0.324 e. The summed E-state index contributed by atoms with van der Waals surface area (Å²) in [5.41, 5.74) is 2.73. The van der Waals surface area contributed by atoms with Crippen molar-refractivity contribution in [2.24, 2.45) is 5.41 Å². The molecule has 1 aliphatic heterocycles. The van der Waals surface area contributed by atoms with E-state index in [0.29, 0.717) is 12.8 Å². The first kappa shape index (κ1) is 18.7. The molecule has 2 aliphatic rings. The number of esters is 2. The fourth-order valence-corrected chi connectivity index (χ4v) is 4.18. The standard InChI is InChI=1S/C20H28N2O4/c1-5-25-18(23)20(19(24)26-6-2)11-15-13(3)17(22-9-7-8-10-22)21-14(4)16(15)12-20/h5-12H2,1-4H3. The van der Waals surface area contributed by atoms with Crippen molar-refractivity contribution in [3.8, 4) is 0 Å². The Balaban J connectivity index is 2.04. The minimum atomic E-state index is -1.28. The summed E-state index contributed by atoms with van der Waals surface area (Å²) in [6.45, 7) is 10.0. The number of hydrogen-bond donors (Lipinski definition) is 0. The van der Waals surface area contributed by atoms with E-state index < -0.39 is 17.4 Å². The maximum absolute atomic E-state index is 12.8. The molecule has 1 fully saturated rings. The summed E-state index contributed by atoms with van der Waals surface area (Å²) in [6.07, 6.45) is 2.98. The summed E-state index contributed by atoms with van der Waals surface area (Å²) >= 11 is 0. The number of carbonyl (C=O) groups excluding carboxylic acids is 2. The highest BCUT2D eigenvalue weighted by Gasteiger charge is 2.54. The van der Waals surface area contributed by atoms with E-state index in [9.17, 15) is 9.59 Å². The summed E-state index contributed by atoms with van der Waals surface area (Å²) in [7, 11) is 0. The fraction of sp³-hybridized carbons (Fsp3) is 0.650. The van der Waals surface area contributed by atoms with Gasteiger partial charge in [0.05, 0.1) is 13.2 Å². The molecule has 0 bridgehead atoms. The number of hydrogen-bond acceptors (Lipinski definition) is 6. The van der Waals surface area contributed by atoms with Crippen molar-refractivity contribution in [3.05, 3.63) is 22.4 Å². The predicted octanol–water partition coefficient (Wildman–Crippen LogP) is 2.51. The van der Waals surface area contributed by atoms with Crippen LogP contribution >= 0.6 is 0 Å². The van der Waals surface area contributed by atoms with Crippen molar-refractivity contribution >= 4 is 17.8 Å². The summed E-state index contributed by atoms with van der Waals surface area (Å²) in [4.78, 5) is 32.7. The molecular weight excluding hydrogens is 332 g/mol. The Morgan fingerprint density at radius 1 is 1.00 bits per heavy atom. The molecule has 1 aromatic heterocycles. The van der Waals surface area contributed by atoms with Gasteiger partial charge in [-0.25, -0.2) is 4.98 Å². The van der Waals surface area contributed by atoms with Gasteiger partial charge in [0.2, 0.25) is 0 Å². The second kappa shape index (κ2) is 7.25. The van der Waals surface area contributed by atoms with Crippen LogP contribution in [0, 0.1) is 19.3 Å². The monoisotopic (exact) mass is 360 g/mol. The van der Waals surface area contributed by atoms with E-state index >= 15 is 0 Å². The number of ether oxygens (including phenoxy) is 2. The molecule has 6 nitrogen and oxygen atoms in total. The van der Waals surface area contributed by atoms with E-state index in [0.717, 1.165) is 41.3 Å². The lowest BCUT2D eigenvalue weighted by molar-refractivity contribution is -0.171. The summed E-state index contributed by atoms with van der Waals surface area (Å²) < 4.78 is 10.5. The Kier molecular flexibility index (Phi) is 5.21. The number of fused-ring (bicyclic) bond motifs is 1. The second-order valence-corrected chi connectivity index (χ2v) is 7.17. The van der Waals surface area contributed by atoms with Crippen LogP contribution in [0.3, 0.4) is 0 Å². The number of aryl methyl sites for hydroxylation is 1. The van der Waals surface area contributed by atoms with Gasteiger partial charge >= 0.3 is 11.9 Å². The molecule has 0 saturated carbocycles. The van der Waals surface area contributed by atoms with Crippen LogP contribution in [0.2, 0.25) is 0 Å². The number of rotatable bonds is 5. The molecule has 0 radical (unpaired) electrons. The molecule has 0 unspecified atom stereocenters. The second-order valence-electron chi connectivity index (χ2n) is 7.17. The fourth-order valence-electron chi connectivity index (χ4n) is 4.18. The van der Waals surface area contributed by atoms with Crippen molar-refractivity contribution in [2.75, 3.05) is 31.2 Å². The first-order valence-electron chi connectivity index (χ1n) is 9.53. The first-order chi connectivity index (χ1) is 12.4. The van der Waals surface area contributed by atoms with Gasteiger partial charge in [-0.1, -0.05) is 0 Å². The molecule has 26 heavy (non-hydrogen) atoms. The SMILES string of the molecule is CCOC(=O)C1(C(=O)OCC)Cc2c(C)nc(N3CCCC3)c(C)c2C1. The van der Waals surface area contributed by atoms with Crippen LogP contribution in [0.4, 0.5) is 5.82 Å². The van der Waals surface area contributed by atoms with Crippen LogP contribution in [0.15, 0.2) is 0 Å². The Labute approximate surface area is 154 Å². The molecule has 0 spiro atoms. The van der Waals surface area contributed by atoms with Gasteiger partial charge in [0.25, 0.3) is 0 Å². The van der Waals surface area contributed by atoms with E-state index in [2.05, 4.69) is 4.90 Å². The third-order valence-electron chi connectivity index (χ3n) is 5.56. The van der Waals surface area contributed by atoms with Crippen molar-refractivity contribution in [2.45, 2.75) is 53.4 Å². The molecule has 1 aliphatic carbocycles. The zero-order valence-electron chi connectivity index (χ0n) is 16.2. The Hall–Kier alpha value is -2.11. The normalized spacial score (nSPS) is 17.9. The minimum Gasteiger partial charge on any atom is -0.465 e. The number of aromatic nitrogens is 1. The van der Waals surface area contributed by atoms with Gasteiger partial charge in [-0.2, -0.15) is 0 Å². The highest BCUT2D eigenvalue weighted by Crippen LogP contribution is 2.44. The van der Waals surface area contributed by atoms with Gasteiger partial charge in [0.15, 0.2) is 5.41 Å². The number of carbonyl (C=O) groups is 2. The number of nitrogens with zero attached hydrogens (tertiary/aromatic N) is 2. The molecule has 0 N–H and O–H groups in total. The lowest BCUT2D eigenvalue weighted by atomic mass is 9.84. The third-order valence-corrected chi connectivity index (χ3v) is 5.56. The topological polar surface area (TPSA) is 68.7 Å². The highest BCUT2D eigenvalue weighted by atomic mass is 16.6. The van der Waals surface area contributed by atoms with Gasteiger partial charge in [-0.15, -0.1) is 0 Å². The van der Waals surface area contributed by atoms with Crippen LogP contribution in [0.25, 0.3) is 0 Å². The largest absolute Gasteiger partial charge is 0.465 e. The molecule has 0 aromatic carbocycles. The van der Waals surface area contributed by atoms with Crippen molar-refractivity contribution in [1.29, 1.82) is 0 Å². The van der Waals surface area contributed by atoms with E-state index in [1.54, 1.807) is 13.8 Å². The molecule has 0 amide bonds. The molecule has 142 valence electrons. The molecule has 6 heteroatoms. The zero-order chi connectivity index (χ0) is 18.9. The average molecular weight is 360 g/mol. The average Bonchev–Trinajstić information content (AvgIpc) is 3.27. The molecular formula is C20H28N2O4. The van der Waals surface area contributed by atoms with E-state index in [4.69, 9.17) is 14.5 Å². The van der Waals surface area contributed by atoms with Gasteiger partial charge in [0.1, 0.15) is 5.82 Å². The number of pyridine rings is 1. The van der Waals surface area contributed by atoms with Crippen molar-refractivity contribution < 1.29 is 19.1 Å². The van der Waals surface area contributed by atoms with Gasteiger partial charge in [-0.05, 0) is 57.2 Å². The van der Waals surface area contributed by atoms with E-state index in [-0.39, 0.29) is 13.2 Å². The van der Waals surface area contributed by atoms with Gasteiger partial charge in [-0.3, -0.25) is 9.59 Å². The molecule has 1 aromatic rings. The lowest BCUT2D eigenvalue weighted by Crippen LogP contribution is -2.43. The number of anilines is 1. The molecule has 2 heterocycles. The van der Waals surface area contributed by atoms with Crippen molar-refractivity contribution in [1.82, 2.24) is 4.98 Å². The highest BCUT2D eigenvalue weighted by molar-refractivity contribution is 6.02. The third kappa shape index (κ3) is 2.95. The summed E-state index contributed by atoms with van der Waals surface area (Å²) in [6, 6.07) is 0. The van der Waals surface area contributed by atoms with Gasteiger partial charge < -0.3 is 14.4 Å². The Morgan fingerprint density at radius 2 is 1.54 bits per heavy atom. The smallest absolute Gasteiger partial charge is 0.324 e. The van der Waals surface area contributed by atoms with Crippen molar-refractivity contribution in [3.63, 3.8) is 0 Å². The molecule has 1 saturated heterocycles. The molecule has 0 atom stereocenters. The van der Waals surface area contributed by atoms with Gasteiger partial charge in [0, 0.05) is 31.6 Å². The van der Waals surface area contributed by atoms with Crippen LogP contribution in [0.5, 0.6) is 0 Å². The van der Waals surface area contributed by atoms with Crippen LogP contribution < -0.4 is 4.90 Å². The van der Waals surface area contributed by atoms with E-state index in [1.165, 1.54) is 12.8 Å². The van der Waals surface area contributed by atoms with E-state index in [1.807, 2.05) is 13.8 Å². The Morgan fingerprint density at radius 3 is 2.08 bits per heavy atom. The summed E-state index contributed by atoms with van der Waals surface area (Å²) in [5, 5.41) is 0. The predicted molar refractivity (Wildman–Crippen MR) is 98.3 cm³/mol. The Bertz CT molecular complexity index is 705. The first-order valence-corrected chi connectivity index (χ1v) is 9.53. The van der Waals surface area contributed by atoms with Crippen LogP contribution in [-0.2, 0) is 31.9 Å². The zero-order valence-corrected chi connectivity index (χ0v) is 16.2. The van der Waals surface area contributed by atoms with Crippen LogP contribution in [-0.4, -0.2) is 43.2 Å². The quantitative estimate of drug-likeness (QED) is 0.594. The maximum atomic E-state index is 12.8. The van der Waals surface area contributed by atoms with Crippen LogP contribution in [0.1, 0.15) is 49.1 Å². The minimum absolute atomic E-state index is 0.242. The molecule has 3 rings (SSSR count).